The van der Waals surface area contributed by atoms with E-state index in [0.29, 0.717) is 30.5 Å². The number of carbonyl (C=O) groups excluding carboxylic acids is 3. The summed E-state index contributed by atoms with van der Waals surface area (Å²) in [5, 5.41) is 0. The molecule has 8 nitrogen and oxygen atoms in total. The summed E-state index contributed by atoms with van der Waals surface area (Å²) in [6.07, 6.45) is 1.57. The lowest BCUT2D eigenvalue weighted by Crippen LogP contribution is -2.36. The first-order chi connectivity index (χ1) is 15.5. The van der Waals surface area contributed by atoms with Crippen molar-refractivity contribution >= 4 is 23.5 Å². The van der Waals surface area contributed by atoms with Crippen LogP contribution >= 0.6 is 0 Å². The lowest BCUT2D eigenvalue weighted by Gasteiger charge is -2.18. The minimum atomic E-state index is -0.958. The number of halogens is 1. The molecule has 4 amide bonds. The van der Waals surface area contributed by atoms with Gasteiger partial charge in [0.15, 0.2) is 11.5 Å². The first kappa shape index (κ1) is 23.1. The Hall–Kier alpha value is -3.62. The maximum Gasteiger partial charge on any atom is 0.339 e. The molecule has 1 heterocycles. The average Bonchev–Trinajstić information content (AvgIpc) is 3.00. The Morgan fingerprint density at radius 2 is 1.44 bits per heavy atom. The van der Waals surface area contributed by atoms with Crippen LogP contribution in [-0.4, -0.2) is 49.1 Å². The number of benzene rings is 2. The number of amides is 4. The van der Waals surface area contributed by atoms with Crippen LogP contribution in [0.1, 0.15) is 26.7 Å². The zero-order valence-electron chi connectivity index (χ0n) is 18.0. The predicted octanol–water partition coefficient (Wildman–Crippen LogP) is 3.78. The topological polar surface area (TPSA) is 85.4 Å². The van der Waals surface area contributed by atoms with Crippen molar-refractivity contribution in [1.82, 2.24) is 4.90 Å². The molecule has 0 bridgehead atoms. The second-order valence-corrected chi connectivity index (χ2v) is 7.01. The van der Waals surface area contributed by atoms with Gasteiger partial charge < -0.3 is 14.2 Å². The highest BCUT2D eigenvalue weighted by Gasteiger charge is 2.45. The zero-order chi connectivity index (χ0) is 23.1. The number of hydrogen-bond donors (Lipinski definition) is 0. The molecule has 0 spiro atoms. The molecule has 1 saturated heterocycles. The van der Waals surface area contributed by atoms with Gasteiger partial charge in [0.1, 0.15) is 18.2 Å². The SMILES string of the molecule is CCCOc1ccc(N2C(=O)C(=O)N(CCOc3ccc(F)cc3)C2=O)cc1OCCC. The molecular formula is C23H25FN2O6. The van der Waals surface area contributed by atoms with Crippen LogP contribution in [-0.2, 0) is 9.59 Å². The third kappa shape index (κ3) is 5.16. The van der Waals surface area contributed by atoms with E-state index < -0.39 is 23.7 Å². The smallest absolute Gasteiger partial charge is 0.339 e. The molecule has 0 N–H and O–H groups in total. The normalized spacial score (nSPS) is 13.7. The van der Waals surface area contributed by atoms with Crippen LogP contribution < -0.4 is 19.1 Å². The quantitative estimate of drug-likeness (QED) is 0.387. The van der Waals surface area contributed by atoms with Crippen LogP contribution in [0.15, 0.2) is 42.5 Å². The highest BCUT2D eigenvalue weighted by molar-refractivity contribution is 6.52. The average molecular weight is 444 g/mol. The number of anilines is 1. The van der Waals surface area contributed by atoms with Gasteiger partial charge in [-0.05, 0) is 49.2 Å². The van der Waals surface area contributed by atoms with Gasteiger partial charge in [-0.25, -0.2) is 14.1 Å². The first-order valence-corrected chi connectivity index (χ1v) is 10.4. The fourth-order valence-electron chi connectivity index (χ4n) is 3.01. The van der Waals surface area contributed by atoms with E-state index in [2.05, 4.69) is 0 Å². The third-order valence-corrected chi connectivity index (χ3v) is 4.56. The monoisotopic (exact) mass is 444 g/mol. The predicted molar refractivity (Wildman–Crippen MR) is 115 cm³/mol. The summed E-state index contributed by atoms with van der Waals surface area (Å²) in [6.45, 7) is 4.67. The van der Waals surface area contributed by atoms with Crippen molar-refractivity contribution in [2.45, 2.75) is 26.7 Å². The van der Waals surface area contributed by atoms with Crippen LogP contribution in [0.5, 0.6) is 17.2 Å². The number of carbonyl (C=O) groups is 3. The molecule has 2 aromatic carbocycles. The maximum atomic E-state index is 13.0. The third-order valence-electron chi connectivity index (χ3n) is 4.56. The van der Waals surface area contributed by atoms with Crippen molar-refractivity contribution in [2.24, 2.45) is 0 Å². The Morgan fingerprint density at radius 3 is 2.09 bits per heavy atom. The molecule has 0 aromatic heterocycles. The lowest BCUT2D eigenvalue weighted by molar-refractivity contribution is -0.139. The number of hydrogen-bond acceptors (Lipinski definition) is 6. The summed E-state index contributed by atoms with van der Waals surface area (Å²) in [4.78, 5) is 39.4. The van der Waals surface area contributed by atoms with E-state index in [-0.39, 0.29) is 18.8 Å². The summed E-state index contributed by atoms with van der Waals surface area (Å²) in [5.74, 6) is -1.03. The molecule has 170 valence electrons. The highest BCUT2D eigenvalue weighted by Crippen LogP contribution is 2.34. The number of imide groups is 2. The van der Waals surface area contributed by atoms with Gasteiger partial charge in [0.2, 0.25) is 0 Å². The van der Waals surface area contributed by atoms with Crippen LogP contribution in [0.3, 0.4) is 0 Å². The fourth-order valence-corrected chi connectivity index (χ4v) is 3.01. The molecule has 0 radical (unpaired) electrons. The molecule has 0 saturated carbocycles. The number of nitrogens with zero attached hydrogens (tertiary/aromatic N) is 2. The second-order valence-electron chi connectivity index (χ2n) is 7.01. The molecule has 1 aliphatic heterocycles. The van der Waals surface area contributed by atoms with Crippen LogP contribution in [0, 0.1) is 5.82 Å². The number of urea groups is 1. The Balaban J connectivity index is 1.73. The first-order valence-electron chi connectivity index (χ1n) is 10.4. The number of ether oxygens (including phenoxy) is 3. The molecule has 2 aromatic rings. The molecule has 32 heavy (non-hydrogen) atoms. The van der Waals surface area contributed by atoms with Crippen LogP contribution in [0.4, 0.5) is 14.9 Å². The lowest BCUT2D eigenvalue weighted by atomic mass is 10.2. The van der Waals surface area contributed by atoms with E-state index in [9.17, 15) is 18.8 Å². The van der Waals surface area contributed by atoms with Gasteiger partial charge in [0, 0.05) is 6.07 Å². The maximum absolute atomic E-state index is 13.0. The van der Waals surface area contributed by atoms with Gasteiger partial charge >= 0.3 is 17.8 Å². The molecule has 9 heteroatoms. The Morgan fingerprint density at radius 1 is 0.781 bits per heavy atom. The van der Waals surface area contributed by atoms with Crippen LogP contribution in [0.2, 0.25) is 0 Å². The van der Waals surface area contributed by atoms with Gasteiger partial charge in [-0.3, -0.25) is 14.5 Å². The van der Waals surface area contributed by atoms with E-state index in [1.807, 2.05) is 13.8 Å². The van der Waals surface area contributed by atoms with Gasteiger partial charge in [-0.2, -0.15) is 0 Å². The molecule has 3 rings (SSSR count). The van der Waals surface area contributed by atoms with Crippen molar-refractivity contribution in [3.05, 3.63) is 48.3 Å². The van der Waals surface area contributed by atoms with Gasteiger partial charge in [-0.15, -0.1) is 0 Å². The second kappa shape index (κ2) is 10.6. The van der Waals surface area contributed by atoms with Gasteiger partial charge in [0.25, 0.3) is 0 Å². The zero-order valence-corrected chi connectivity index (χ0v) is 18.0. The molecule has 1 fully saturated rings. The summed E-state index contributed by atoms with van der Waals surface area (Å²) >= 11 is 0. The summed E-state index contributed by atoms with van der Waals surface area (Å²) in [5.41, 5.74) is 0.213. The minimum absolute atomic E-state index is 0.0428. The van der Waals surface area contributed by atoms with E-state index in [4.69, 9.17) is 14.2 Å². The molecule has 0 atom stereocenters. The van der Waals surface area contributed by atoms with Gasteiger partial charge in [-0.1, -0.05) is 13.8 Å². The largest absolute Gasteiger partial charge is 0.492 e. The van der Waals surface area contributed by atoms with Gasteiger partial charge in [0.05, 0.1) is 25.4 Å². The molecule has 0 aliphatic carbocycles. The van der Waals surface area contributed by atoms with Crippen molar-refractivity contribution in [3.8, 4) is 17.2 Å². The van der Waals surface area contributed by atoms with Crippen LogP contribution in [0.25, 0.3) is 0 Å². The molecule has 1 aliphatic rings. The van der Waals surface area contributed by atoms with E-state index in [0.717, 1.165) is 22.6 Å². The van der Waals surface area contributed by atoms with Crippen molar-refractivity contribution in [3.63, 3.8) is 0 Å². The number of rotatable bonds is 11. The van der Waals surface area contributed by atoms with Crippen molar-refractivity contribution in [1.29, 1.82) is 0 Å². The summed E-state index contributed by atoms with van der Waals surface area (Å²) in [7, 11) is 0. The standard InChI is InChI=1S/C23H25FN2O6/c1-3-12-31-19-10-7-17(15-20(19)32-13-4-2)26-22(28)21(27)25(23(26)29)11-14-30-18-8-5-16(24)6-9-18/h5-10,15H,3-4,11-14H2,1-2H3. The Labute approximate surface area is 185 Å². The van der Waals surface area contributed by atoms with Crippen molar-refractivity contribution in [2.75, 3.05) is 31.3 Å². The minimum Gasteiger partial charge on any atom is -0.492 e. The molecular weight excluding hydrogens is 419 g/mol. The van der Waals surface area contributed by atoms with E-state index >= 15 is 0 Å². The summed E-state index contributed by atoms with van der Waals surface area (Å²) in [6, 6.07) is 9.22. The Kier molecular flexibility index (Phi) is 7.64. The Bertz CT molecular complexity index is 979. The fraction of sp³-hybridized carbons (Fsp3) is 0.348. The van der Waals surface area contributed by atoms with E-state index in [1.54, 1.807) is 6.07 Å². The summed E-state index contributed by atoms with van der Waals surface area (Å²) < 4.78 is 29.8. The van der Waals surface area contributed by atoms with Crippen molar-refractivity contribution < 1.29 is 33.0 Å². The highest BCUT2D eigenvalue weighted by atomic mass is 19.1. The molecule has 0 unspecified atom stereocenters. The van der Waals surface area contributed by atoms with E-state index in [1.165, 1.54) is 36.4 Å².